The van der Waals surface area contributed by atoms with Crippen LogP contribution < -0.4 is 9.57 Å². The van der Waals surface area contributed by atoms with E-state index in [2.05, 4.69) is 9.93 Å². The van der Waals surface area contributed by atoms with Gasteiger partial charge < -0.3 is 4.74 Å². The van der Waals surface area contributed by atoms with Crippen molar-refractivity contribution < 1.29 is 13.2 Å². The highest BCUT2D eigenvalue weighted by Crippen LogP contribution is 2.13. The predicted molar refractivity (Wildman–Crippen MR) is 91.3 cm³/mol. The lowest BCUT2D eigenvalue weighted by Gasteiger charge is -2.09. The highest BCUT2D eigenvalue weighted by molar-refractivity contribution is 7.89. The van der Waals surface area contributed by atoms with E-state index in [9.17, 15) is 8.42 Å². The number of benzene rings is 2. The van der Waals surface area contributed by atoms with Crippen molar-refractivity contribution in [2.45, 2.75) is 31.8 Å². The molecule has 5 nitrogen and oxygen atoms in total. The molecule has 0 radical (unpaired) electrons. The molecule has 0 spiro atoms. The molecule has 0 heterocycles. The van der Waals surface area contributed by atoms with Gasteiger partial charge in [0.2, 0.25) is 0 Å². The summed E-state index contributed by atoms with van der Waals surface area (Å²) in [4.78, 5) is 2.38. The SMILES string of the molecule is Cc1ccc(S(=O)(=O)N/N=C/c2ccc(OC(C)C)cc2)cc1. The number of nitrogens with zero attached hydrogens (tertiary/aromatic N) is 1. The Morgan fingerprint density at radius 3 is 2.22 bits per heavy atom. The fraction of sp³-hybridized carbons (Fsp3) is 0.235. The van der Waals surface area contributed by atoms with Crippen LogP contribution in [-0.2, 0) is 10.0 Å². The number of aryl methyl sites for hydroxylation is 1. The Bertz CT molecular complexity index is 764. The Kier molecular flexibility index (Phi) is 5.39. The van der Waals surface area contributed by atoms with E-state index >= 15 is 0 Å². The van der Waals surface area contributed by atoms with Crippen molar-refractivity contribution in [3.8, 4) is 5.75 Å². The van der Waals surface area contributed by atoms with Crippen molar-refractivity contribution in [1.82, 2.24) is 4.83 Å². The van der Waals surface area contributed by atoms with Crippen molar-refractivity contribution in [3.05, 3.63) is 59.7 Å². The van der Waals surface area contributed by atoms with Gasteiger partial charge in [0.25, 0.3) is 10.0 Å². The van der Waals surface area contributed by atoms with Crippen molar-refractivity contribution in [2.24, 2.45) is 5.10 Å². The molecule has 0 saturated heterocycles. The smallest absolute Gasteiger partial charge is 0.276 e. The fourth-order valence-electron chi connectivity index (χ4n) is 1.85. The van der Waals surface area contributed by atoms with E-state index < -0.39 is 10.0 Å². The maximum atomic E-state index is 12.1. The van der Waals surface area contributed by atoms with E-state index in [1.165, 1.54) is 6.21 Å². The normalized spacial score (nSPS) is 11.8. The molecule has 0 aliphatic rings. The van der Waals surface area contributed by atoms with Gasteiger partial charge in [0.15, 0.2) is 0 Å². The summed E-state index contributed by atoms with van der Waals surface area (Å²) < 4.78 is 29.7. The molecule has 122 valence electrons. The molecule has 23 heavy (non-hydrogen) atoms. The first-order chi connectivity index (χ1) is 10.9. The number of rotatable bonds is 6. The summed E-state index contributed by atoms with van der Waals surface area (Å²) in [5.74, 6) is 0.761. The van der Waals surface area contributed by atoms with Gasteiger partial charge in [0.05, 0.1) is 17.2 Å². The van der Waals surface area contributed by atoms with Crippen molar-refractivity contribution >= 4 is 16.2 Å². The Morgan fingerprint density at radius 2 is 1.65 bits per heavy atom. The van der Waals surface area contributed by atoms with Gasteiger partial charge in [-0.3, -0.25) is 0 Å². The van der Waals surface area contributed by atoms with E-state index in [0.717, 1.165) is 16.9 Å². The lowest BCUT2D eigenvalue weighted by atomic mass is 10.2. The minimum atomic E-state index is -3.64. The largest absolute Gasteiger partial charge is 0.491 e. The quantitative estimate of drug-likeness (QED) is 0.653. The summed E-state index contributed by atoms with van der Waals surface area (Å²) in [6.45, 7) is 5.80. The molecule has 0 aliphatic heterocycles. The zero-order chi connectivity index (χ0) is 16.9. The van der Waals surface area contributed by atoms with Gasteiger partial charge in [-0.15, -0.1) is 0 Å². The van der Waals surface area contributed by atoms with Crippen LogP contribution in [0.4, 0.5) is 0 Å². The van der Waals surface area contributed by atoms with Gasteiger partial charge in [-0.2, -0.15) is 13.5 Å². The van der Waals surface area contributed by atoms with Gasteiger partial charge in [0.1, 0.15) is 5.75 Å². The molecule has 0 unspecified atom stereocenters. The number of ether oxygens (including phenoxy) is 1. The second-order valence-corrected chi connectivity index (χ2v) is 7.06. The van der Waals surface area contributed by atoms with E-state index in [4.69, 9.17) is 4.74 Å². The number of nitrogens with one attached hydrogen (secondary N) is 1. The molecule has 0 aliphatic carbocycles. The molecule has 0 aromatic heterocycles. The molecular formula is C17H20N2O3S. The minimum absolute atomic E-state index is 0.107. The molecule has 0 bridgehead atoms. The Labute approximate surface area is 137 Å². The second-order valence-electron chi connectivity index (χ2n) is 5.40. The topological polar surface area (TPSA) is 67.8 Å². The van der Waals surface area contributed by atoms with Gasteiger partial charge >= 0.3 is 0 Å². The van der Waals surface area contributed by atoms with Gasteiger partial charge in [-0.25, -0.2) is 4.83 Å². The molecule has 0 atom stereocenters. The van der Waals surface area contributed by atoms with Crippen molar-refractivity contribution in [2.75, 3.05) is 0 Å². The average Bonchev–Trinajstić information content (AvgIpc) is 2.49. The highest BCUT2D eigenvalue weighted by atomic mass is 32.2. The van der Waals surface area contributed by atoms with E-state index in [1.807, 2.05) is 32.9 Å². The van der Waals surface area contributed by atoms with Gasteiger partial charge in [-0.05, 0) is 62.7 Å². The van der Waals surface area contributed by atoms with E-state index in [-0.39, 0.29) is 11.0 Å². The third-order valence-corrected chi connectivity index (χ3v) is 4.21. The predicted octanol–water partition coefficient (Wildman–Crippen LogP) is 3.09. The maximum absolute atomic E-state index is 12.1. The van der Waals surface area contributed by atoms with Crippen molar-refractivity contribution in [1.29, 1.82) is 0 Å². The first-order valence-corrected chi connectivity index (χ1v) is 8.73. The summed E-state index contributed by atoms with van der Waals surface area (Å²) in [7, 11) is -3.64. The van der Waals surface area contributed by atoms with Crippen LogP contribution in [-0.4, -0.2) is 20.7 Å². The highest BCUT2D eigenvalue weighted by Gasteiger charge is 2.11. The fourth-order valence-corrected chi connectivity index (χ4v) is 2.64. The minimum Gasteiger partial charge on any atom is -0.491 e. The summed E-state index contributed by atoms with van der Waals surface area (Å²) in [6, 6.07) is 13.8. The number of sulfonamides is 1. The second kappa shape index (κ2) is 7.28. The molecule has 0 fully saturated rings. The zero-order valence-corrected chi connectivity index (χ0v) is 14.2. The molecule has 2 rings (SSSR count). The van der Waals surface area contributed by atoms with Gasteiger partial charge in [-0.1, -0.05) is 17.7 Å². The third kappa shape index (κ3) is 5.10. The van der Waals surface area contributed by atoms with Gasteiger partial charge in [0, 0.05) is 0 Å². The summed E-state index contributed by atoms with van der Waals surface area (Å²) >= 11 is 0. The van der Waals surface area contributed by atoms with Crippen molar-refractivity contribution in [3.63, 3.8) is 0 Å². The van der Waals surface area contributed by atoms with Crippen LogP contribution in [0.3, 0.4) is 0 Å². The lowest BCUT2D eigenvalue weighted by Crippen LogP contribution is -2.18. The first-order valence-electron chi connectivity index (χ1n) is 7.25. The monoisotopic (exact) mass is 332 g/mol. The molecule has 1 N–H and O–H groups in total. The maximum Gasteiger partial charge on any atom is 0.276 e. The van der Waals surface area contributed by atoms with Crippen LogP contribution in [0.5, 0.6) is 5.75 Å². The average molecular weight is 332 g/mol. The number of hydrogen-bond acceptors (Lipinski definition) is 4. The zero-order valence-electron chi connectivity index (χ0n) is 13.4. The van der Waals surface area contributed by atoms with Crippen LogP contribution in [0, 0.1) is 6.92 Å². The lowest BCUT2D eigenvalue weighted by molar-refractivity contribution is 0.242. The number of hydrazone groups is 1. The summed E-state index contributed by atoms with van der Waals surface area (Å²) in [5.41, 5.74) is 1.77. The van der Waals surface area contributed by atoms with Crippen LogP contribution in [0.2, 0.25) is 0 Å². The van der Waals surface area contributed by atoms with Crippen LogP contribution in [0.15, 0.2) is 58.5 Å². The van der Waals surface area contributed by atoms with E-state index in [1.54, 1.807) is 36.4 Å². The van der Waals surface area contributed by atoms with E-state index in [0.29, 0.717) is 0 Å². The molecule has 6 heteroatoms. The molecule has 0 amide bonds. The molecule has 2 aromatic carbocycles. The molecule has 0 saturated carbocycles. The standard InChI is InChI=1S/C17H20N2O3S/c1-13(2)22-16-8-6-15(7-9-16)12-18-19-23(20,21)17-10-4-14(3)5-11-17/h4-13,19H,1-3H3/b18-12+. The molecule has 2 aromatic rings. The third-order valence-electron chi connectivity index (χ3n) is 2.97. The van der Waals surface area contributed by atoms with Crippen LogP contribution >= 0.6 is 0 Å². The van der Waals surface area contributed by atoms with Crippen LogP contribution in [0.1, 0.15) is 25.0 Å². The van der Waals surface area contributed by atoms with Crippen LogP contribution in [0.25, 0.3) is 0 Å². The Hall–Kier alpha value is -2.34. The Balaban J connectivity index is 2.01. The first kappa shape index (κ1) is 17.0. The summed E-state index contributed by atoms with van der Waals surface area (Å²) in [6.07, 6.45) is 1.56. The summed E-state index contributed by atoms with van der Waals surface area (Å²) in [5, 5.41) is 3.80. The Morgan fingerprint density at radius 1 is 1.04 bits per heavy atom. The number of hydrogen-bond donors (Lipinski definition) is 1. The molecular weight excluding hydrogens is 312 g/mol.